The van der Waals surface area contributed by atoms with Gasteiger partial charge in [-0.25, -0.2) is 18.6 Å². The molecule has 0 aliphatic carbocycles. The van der Waals surface area contributed by atoms with E-state index in [0.29, 0.717) is 6.54 Å². The topological polar surface area (TPSA) is 68.2 Å². The maximum absolute atomic E-state index is 13.3. The first kappa shape index (κ1) is 16.7. The standard InChI is InChI=1S/C15H18F2N4O2/c1-11(9-21-6-4-18-10-21)20-15(22)19-5-7-23-14-3-2-12(16)8-13(14)17/h2-4,6,8,10-11H,5,7,9H2,1H3,(H2,19,20,22)/t11-/m0/s1. The molecular formula is C15H18F2N4O2. The van der Waals surface area contributed by atoms with Gasteiger partial charge in [0.15, 0.2) is 11.6 Å². The molecule has 0 bridgehead atoms. The van der Waals surface area contributed by atoms with Crippen molar-refractivity contribution < 1.29 is 18.3 Å². The van der Waals surface area contributed by atoms with Gasteiger partial charge in [0.25, 0.3) is 0 Å². The van der Waals surface area contributed by atoms with E-state index >= 15 is 0 Å². The molecule has 2 N–H and O–H groups in total. The molecule has 2 amide bonds. The van der Waals surface area contributed by atoms with Gasteiger partial charge in [0, 0.05) is 31.0 Å². The number of halogens is 2. The number of amides is 2. The highest BCUT2D eigenvalue weighted by molar-refractivity contribution is 5.74. The Labute approximate surface area is 132 Å². The maximum Gasteiger partial charge on any atom is 0.315 e. The number of hydrogen-bond acceptors (Lipinski definition) is 3. The first-order chi connectivity index (χ1) is 11.0. The van der Waals surface area contributed by atoms with Crippen molar-refractivity contribution in [3.63, 3.8) is 0 Å². The van der Waals surface area contributed by atoms with E-state index in [-0.39, 0.29) is 31.0 Å². The second-order valence-corrected chi connectivity index (χ2v) is 4.98. The van der Waals surface area contributed by atoms with Crippen molar-refractivity contribution in [3.8, 4) is 5.75 Å². The number of benzene rings is 1. The van der Waals surface area contributed by atoms with Crippen LogP contribution in [0, 0.1) is 11.6 Å². The zero-order chi connectivity index (χ0) is 16.7. The predicted molar refractivity (Wildman–Crippen MR) is 80.1 cm³/mol. The van der Waals surface area contributed by atoms with E-state index in [9.17, 15) is 13.6 Å². The zero-order valence-electron chi connectivity index (χ0n) is 12.6. The van der Waals surface area contributed by atoms with Gasteiger partial charge in [-0.1, -0.05) is 0 Å². The molecular weight excluding hydrogens is 306 g/mol. The van der Waals surface area contributed by atoms with Crippen LogP contribution in [0.3, 0.4) is 0 Å². The zero-order valence-corrected chi connectivity index (χ0v) is 12.6. The van der Waals surface area contributed by atoms with Gasteiger partial charge in [-0.15, -0.1) is 0 Å². The van der Waals surface area contributed by atoms with E-state index in [1.54, 1.807) is 18.7 Å². The lowest BCUT2D eigenvalue weighted by molar-refractivity contribution is 0.231. The molecule has 0 saturated carbocycles. The highest BCUT2D eigenvalue weighted by atomic mass is 19.1. The van der Waals surface area contributed by atoms with Gasteiger partial charge in [-0.05, 0) is 19.1 Å². The third-order valence-electron chi connectivity index (χ3n) is 2.96. The van der Waals surface area contributed by atoms with Crippen LogP contribution in [-0.2, 0) is 6.54 Å². The molecule has 0 unspecified atom stereocenters. The second-order valence-electron chi connectivity index (χ2n) is 4.98. The summed E-state index contributed by atoms with van der Waals surface area (Å²) in [4.78, 5) is 15.6. The molecule has 0 saturated heterocycles. The summed E-state index contributed by atoms with van der Waals surface area (Å²) in [6.45, 7) is 2.74. The molecule has 0 aliphatic heterocycles. The Hall–Kier alpha value is -2.64. The normalized spacial score (nSPS) is 11.8. The van der Waals surface area contributed by atoms with Crippen LogP contribution in [0.4, 0.5) is 13.6 Å². The van der Waals surface area contributed by atoms with E-state index in [4.69, 9.17) is 4.74 Å². The molecule has 0 radical (unpaired) electrons. The monoisotopic (exact) mass is 324 g/mol. The molecule has 1 aromatic carbocycles. The van der Waals surface area contributed by atoms with Crippen molar-refractivity contribution in [1.82, 2.24) is 20.2 Å². The van der Waals surface area contributed by atoms with E-state index in [1.165, 1.54) is 6.07 Å². The molecule has 1 atom stereocenters. The Morgan fingerprint density at radius 3 is 2.96 bits per heavy atom. The Bertz CT molecular complexity index is 634. The lowest BCUT2D eigenvalue weighted by Gasteiger charge is -2.15. The Kier molecular flexibility index (Phi) is 5.90. The maximum atomic E-state index is 13.3. The number of urea groups is 1. The van der Waals surface area contributed by atoms with Crippen LogP contribution in [0.2, 0.25) is 0 Å². The van der Waals surface area contributed by atoms with Crippen molar-refractivity contribution in [2.45, 2.75) is 19.5 Å². The molecule has 0 fully saturated rings. The van der Waals surface area contributed by atoms with Gasteiger partial charge < -0.3 is 19.9 Å². The summed E-state index contributed by atoms with van der Waals surface area (Å²) in [5, 5.41) is 5.36. The molecule has 124 valence electrons. The van der Waals surface area contributed by atoms with Crippen LogP contribution in [-0.4, -0.2) is 34.8 Å². The predicted octanol–water partition coefficient (Wildman–Crippen LogP) is 1.93. The molecule has 8 heteroatoms. The average molecular weight is 324 g/mol. The van der Waals surface area contributed by atoms with Gasteiger partial charge in [-0.2, -0.15) is 0 Å². The fourth-order valence-electron chi connectivity index (χ4n) is 1.95. The van der Waals surface area contributed by atoms with Crippen LogP contribution >= 0.6 is 0 Å². The number of carbonyl (C=O) groups is 1. The van der Waals surface area contributed by atoms with Crippen molar-refractivity contribution in [1.29, 1.82) is 0 Å². The van der Waals surface area contributed by atoms with E-state index in [1.807, 2.05) is 11.5 Å². The highest BCUT2D eigenvalue weighted by Crippen LogP contribution is 2.17. The van der Waals surface area contributed by atoms with E-state index < -0.39 is 11.6 Å². The average Bonchev–Trinajstić information content (AvgIpc) is 2.98. The van der Waals surface area contributed by atoms with Crippen LogP contribution in [0.15, 0.2) is 36.9 Å². The summed E-state index contributed by atoms with van der Waals surface area (Å²) in [6, 6.07) is 2.63. The summed E-state index contributed by atoms with van der Waals surface area (Å²) in [5.74, 6) is -1.50. The quantitative estimate of drug-likeness (QED) is 0.765. The first-order valence-electron chi connectivity index (χ1n) is 7.12. The van der Waals surface area contributed by atoms with Crippen LogP contribution < -0.4 is 15.4 Å². The first-order valence-corrected chi connectivity index (χ1v) is 7.12. The number of aromatic nitrogens is 2. The lowest BCUT2D eigenvalue weighted by atomic mass is 10.3. The van der Waals surface area contributed by atoms with Gasteiger partial charge in [0.2, 0.25) is 0 Å². The summed E-state index contributed by atoms with van der Waals surface area (Å²) >= 11 is 0. The number of imidazole rings is 1. The molecule has 1 heterocycles. The van der Waals surface area contributed by atoms with E-state index in [0.717, 1.165) is 12.1 Å². The molecule has 2 aromatic rings. The summed E-state index contributed by atoms with van der Waals surface area (Å²) in [5.41, 5.74) is 0. The number of carbonyl (C=O) groups excluding carboxylic acids is 1. The number of nitrogens with zero attached hydrogens (tertiary/aromatic N) is 2. The summed E-state index contributed by atoms with van der Waals surface area (Å²) in [6.07, 6.45) is 5.14. The minimum atomic E-state index is -0.775. The number of ether oxygens (including phenoxy) is 1. The largest absolute Gasteiger partial charge is 0.489 e. The van der Waals surface area contributed by atoms with Crippen LogP contribution in [0.1, 0.15) is 6.92 Å². The van der Waals surface area contributed by atoms with Crippen molar-refractivity contribution >= 4 is 6.03 Å². The number of nitrogens with one attached hydrogen (secondary N) is 2. The van der Waals surface area contributed by atoms with Gasteiger partial charge in [0.05, 0.1) is 12.9 Å². The SMILES string of the molecule is C[C@@H](Cn1ccnc1)NC(=O)NCCOc1ccc(F)cc1F. The summed E-state index contributed by atoms with van der Waals surface area (Å²) < 4.78 is 33.0. The Balaban J connectivity index is 1.64. The fourth-order valence-corrected chi connectivity index (χ4v) is 1.95. The van der Waals surface area contributed by atoms with Crippen LogP contribution in [0.25, 0.3) is 0 Å². The Morgan fingerprint density at radius 2 is 2.26 bits per heavy atom. The van der Waals surface area contributed by atoms with Crippen molar-refractivity contribution in [2.75, 3.05) is 13.2 Å². The minimum Gasteiger partial charge on any atom is -0.489 e. The van der Waals surface area contributed by atoms with Gasteiger partial charge in [0.1, 0.15) is 12.4 Å². The van der Waals surface area contributed by atoms with Gasteiger partial charge in [-0.3, -0.25) is 0 Å². The number of rotatable bonds is 7. The fraction of sp³-hybridized carbons (Fsp3) is 0.333. The molecule has 23 heavy (non-hydrogen) atoms. The van der Waals surface area contributed by atoms with Crippen LogP contribution in [0.5, 0.6) is 5.75 Å². The molecule has 6 nitrogen and oxygen atoms in total. The minimum absolute atomic E-state index is 0.0536. The third-order valence-corrected chi connectivity index (χ3v) is 2.96. The highest BCUT2D eigenvalue weighted by Gasteiger charge is 2.08. The van der Waals surface area contributed by atoms with E-state index in [2.05, 4.69) is 15.6 Å². The number of hydrogen-bond donors (Lipinski definition) is 2. The summed E-state index contributed by atoms with van der Waals surface area (Å²) in [7, 11) is 0. The smallest absolute Gasteiger partial charge is 0.315 e. The van der Waals surface area contributed by atoms with Gasteiger partial charge >= 0.3 is 6.03 Å². The third kappa shape index (κ3) is 5.57. The van der Waals surface area contributed by atoms with Crippen molar-refractivity contribution in [3.05, 3.63) is 48.6 Å². The molecule has 0 aliphatic rings. The Morgan fingerprint density at radius 1 is 1.43 bits per heavy atom. The molecule has 1 aromatic heterocycles. The van der Waals surface area contributed by atoms with Crippen molar-refractivity contribution in [2.24, 2.45) is 0 Å². The lowest BCUT2D eigenvalue weighted by Crippen LogP contribution is -2.43. The molecule has 2 rings (SSSR count). The molecule has 0 spiro atoms. The second kappa shape index (κ2) is 8.11.